The molecule has 1 aliphatic rings. The summed E-state index contributed by atoms with van der Waals surface area (Å²) >= 11 is 0. The number of amides is 2. The van der Waals surface area contributed by atoms with Gasteiger partial charge in [-0.15, -0.1) is 0 Å². The Kier molecular flexibility index (Phi) is 4.12. The van der Waals surface area contributed by atoms with Gasteiger partial charge in [-0.2, -0.15) is 0 Å². The molecule has 4 heteroatoms. The van der Waals surface area contributed by atoms with Crippen LogP contribution in [0, 0.1) is 0 Å². The molecule has 1 aromatic carbocycles. The molecule has 2 rings (SSSR count). The van der Waals surface area contributed by atoms with E-state index in [1.165, 1.54) is 0 Å². The van der Waals surface area contributed by atoms with Gasteiger partial charge in [-0.05, 0) is 44.2 Å². The predicted molar refractivity (Wildman–Crippen MR) is 78.6 cm³/mol. The molecular formula is C16H22N2O2. The minimum atomic E-state index is -0.880. The molecule has 0 saturated heterocycles. The zero-order valence-electron chi connectivity index (χ0n) is 12.3. The molecule has 0 aromatic heterocycles. The van der Waals surface area contributed by atoms with Gasteiger partial charge in [0.2, 0.25) is 0 Å². The molecule has 0 saturated carbocycles. The third-order valence-corrected chi connectivity index (χ3v) is 4.14. The van der Waals surface area contributed by atoms with Crippen molar-refractivity contribution in [2.24, 2.45) is 0 Å². The number of benzene rings is 1. The molecule has 2 amide bonds. The van der Waals surface area contributed by atoms with Crippen molar-refractivity contribution in [3.05, 3.63) is 35.4 Å². The van der Waals surface area contributed by atoms with Gasteiger partial charge in [0, 0.05) is 13.1 Å². The van der Waals surface area contributed by atoms with Gasteiger partial charge in [0.1, 0.15) is 11.8 Å². The number of aryl methyl sites for hydroxylation is 1. The van der Waals surface area contributed by atoms with Crippen LogP contribution in [0.5, 0.6) is 0 Å². The second kappa shape index (κ2) is 5.65. The lowest BCUT2D eigenvalue weighted by Gasteiger charge is -2.37. The molecule has 1 aromatic rings. The van der Waals surface area contributed by atoms with E-state index in [1.807, 2.05) is 38.1 Å². The lowest BCUT2D eigenvalue weighted by atomic mass is 9.77. The van der Waals surface area contributed by atoms with Crippen molar-refractivity contribution in [1.82, 2.24) is 10.2 Å². The lowest BCUT2D eigenvalue weighted by molar-refractivity contribution is -0.114. The van der Waals surface area contributed by atoms with E-state index in [0.717, 1.165) is 30.3 Å². The van der Waals surface area contributed by atoms with Crippen LogP contribution in [0.15, 0.2) is 24.3 Å². The molecule has 1 N–H and O–H groups in total. The molecule has 0 bridgehead atoms. The number of fused-ring (bicyclic) bond motifs is 1. The number of carbonyl (C=O) groups is 2. The fourth-order valence-corrected chi connectivity index (χ4v) is 2.66. The summed E-state index contributed by atoms with van der Waals surface area (Å²) in [6.07, 6.45) is 3.41. The number of hydrogen-bond acceptors (Lipinski definition) is 2. The summed E-state index contributed by atoms with van der Waals surface area (Å²) in [7, 11) is 1.74. The topological polar surface area (TPSA) is 49.4 Å². The summed E-state index contributed by atoms with van der Waals surface area (Å²) in [6, 6.07) is 7.76. The molecule has 0 radical (unpaired) electrons. The maximum absolute atomic E-state index is 12.3. The van der Waals surface area contributed by atoms with Crippen molar-refractivity contribution in [2.45, 2.75) is 44.7 Å². The Morgan fingerprint density at radius 3 is 2.75 bits per heavy atom. The van der Waals surface area contributed by atoms with Crippen LogP contribution in [0.2, 0.25) is 0 Å². The first-order valence-corrected chi connectivity index (χ1v) is 7.10. The van der Waals surface area contributed by atoms with Gasteiger partial charge in [0.25, 0.3) is 0 Å². The minimum absolute atomic E-state index is 0.0949. The summed E-state index contributed by atoms with van der Waals surface area (Å²) in [5.74, 6) is 0. The van der Waals surface area contributed by atoms with E-state index in [1.54, 1.807) is 11.9 Å². The highest BCUT2D eigenvalue weighted by molar-refractivity contribution is 5.82. The van der Waals surface area contributed by atoms with Crippen LogP contribution < -0.4 is 5.32 Å². The Morgan fingerprint density at radius 2 is 2.10 bits per heavy atom. The van der Waals surface area contributed by atoms with Crippen molar-refractivity contribution in [3.8, 4) is 0 Å². The summed E-state index contributed by atoms with van der Waals surface area (Å²) in [4.78, 5) is 25.6. The SMILES string of the molecule is CC(C)N(C)C(=O)NC1(C=O)CCCc2ccccc21. The quantitative estimate of drug-likeness (QED) is 0.861. The molecule has 0 fully saturated rings. The van der Waals surface area contributed by atoms with Crippen molar-refractivity contribution < 1.29 is 9.59 Å². The molecule has 1 atom stereocenters. The largest absolute Gasteiger partial charge is 0.325 e. The van der Waals surface area contributed by atoms with Crippen LogP contribution in [0.4, 0.5) is 4.79 Å². The van der Waals surface area contributed by atoms with Crippen LogP contribution in [-0.2, 0) is 16.8 Å². The Hall–Kier alpha value is -1.84. The number of rotatable bonds is 3. The maximum Gasteiger partial charge on any atom is 0.318 e. The molecule has 4 nitrogen and oxygen atoms in total. The number of hydrogen-bond donors (Lipinski definition) is 1. The van der Waals surface area contributed by atoms with Gasteiger partial charge >= 0.3 is 6.03 Å². The van der Waals surface area contributed by atoms with Crippen LogP contribution in [0.3, 0.4) is 0 Å². The number of aldehydes is 1. The Bertz CT molecular complexity index is 513. The van der Waals surface area contributed by atoms with E-state index in [-0.39, 0.29) is 12.1 Å². The van der Waals surface area contributed by atoms with Crippen LogP contribution in [0.1, 0.15) is 37.8 Å². The van der Waals surface area contributed by atoms with Crippen molar-refractivity contribution in [3.63, 3.8) is 0 Å². The van der Waals surface area contributed by atoms with Gasteiger partial charge in [0.05, 0.1) is 0 Å². The van der Waals surface area contributed by atoms with Crippen LogP contribution in [-0.4, -0.2) is 30.3 Å². The average molecular weight is 274 g/mol. The number of carbonyl (C=O) groups excluding carboxylic acids is 2. The van der Waals surface area contributed by atoms with Gasteiger partial charge in [-0.25, -0.2) is 4.79 Å². The minimum Gasteiger partial charge on any atom is -0.325 e. The van der Waals surface area contributed by atoms with Crippen molar-refractivity contribution in [1.29, 1.82) is 0 Å². The summed E-state index contributed by atoms with van der Waals surface area (Å²) < 4.78 is 0. The Morgan fingerprint density at radius 1 is 1.40 bits per heavy atom. The van der Waals surface area contributed by atoms with Crippen molar-refractivity contribution >= 4 is 12.3 Å². The van der Waals surface area contributed by atoms with E-state index in [4.69, 9.17) is 0 Å². The summed E-state index contributed by atoms with van der Waals surface area (Å²) in [5, 5.41) is 2.94. The Balaban J connectivity index is 2.32. The lowest BCUT2D eigenvalue weighted by Crippen LogP contribution is -2.54. The first-order chi connectivity index (χ1) is 9.50. The highest BCUT2D eigenvalue weighted by atomic mass is 16.2. The van der Waals surface area contributed by atoms with Gasteiger partial charge in [0.15, 0.2) is 0 Å². The normalized spacial score (nSPS) is 21.2. The van der Waals surface area contributed by atoms with Crippen LogP contribution in [0.25, 0.3) is 0 Å². The van der Waals surface area contributed by atoms with E-state index >= 15 is 0 Å². The highest BCUT2D eigenvalue weighted by Gasteiger charge is 2.38. The van der Waals surface area contributed by atoms with Crippen LogP contribution >= 0.6 is 0 Å². The molecule has 1 unspecified atom stereocenters. The smallest absolute Gasteiger partial charge is 0.318 e. The fraction of sp³-hybridized carbons (Fsp3) is 0.500. The average Bonchev–Trinajstić information content (AvgIpc) is 2.46. The number of urea groups is 1. The zero-order chi connectivity index (χ0) is 14.8. The molecule has 0 spiro atoms. The summed E-state index contributed by atoms with van der Waals surface area (Å²) in [6.45, 7) is 3.89. The molecule has 20 heavy (non-hydrogen) atoms. The zero-order valence-corrected chi connectivity index (χ0v) is 12.3. The van der Waals surface area contributed by atoms with E-state index in [9.17, 15) is 9.59 Å². The van der Waals surface area contributed by atoms with Gasteiger partial charge in [-0.3, -0.25) is 0 Å². The van der Waals surface area contributed by atoms with Gasteiger partial charge in [-0.1, -0.05) is 24.3 Å². The third kappa shape index (κ3) is 2.55. The molecule has 0 heterocycles. The highest BCUT2D eigenvalue weighted by Crippen LogP contribution is 2.34. The molecule has 108 valence electrons. The second-order valence-electron chi connectivity index (χ2n) is 5.73. The molecule has 0 aliphatic heterocycles. The first kappa shape index (κ1) is 14.6. The van der Waals surface area contributed by atoms with E-state index in [0.29, 0.717) is 6.42 Å². The predicted octanol–water partition coefficient (Wildman–Crippen LogP) is 2.47. The van der Waals surface area contributed by atoms with E-state index in [2.05, 4.69) is 5.32 Å². The van der Waals surface area contributed by atoms with Crippen molar-refractivity contribution in [2.75, 3.05) is 7.05 Å². The first-order valence-electron chi connectivity index (χ1n) is 7.10. The molecular weight excluding hydrogens is 252 g/mol. The number of nitrogens with one attached hydrogen (secondary N) is 1. The fourth-order valence-electron chi connectivity index (χ4n) is 2.66. The second-order valence-corrected chi connectivity index (χ2v) is 5.73. The molecule has 1 aliphatic carbocycles. The standard InChI is InChI=1S/C16H22N2O2/c1-12(2)18(3)15(20)17-16(11-19)10-6-8-13-7-4-5-9-14(13)16/h4-5,7,9,11-12H,6,8,10H2,1-3H3,(H,17,20). The Labute approximate surface area is 120 Å². The third-order valence-electron chi connectivity index (χ3n) is 4.14. The number of nitrogens with zero attached hydrogens (tertiary/aromatic N) is 1. The summed E-state index contributed by atoms with van der Waals surface area (Å²) in [5.41, 5.74) is 1.21. The van der Waals surface area contributed by atoms with E-state index < -0.39 is 5.54 Å². The maximum atomic E-state index is 12.3. The van der Waals surface area contributed by atoms with Gasteiger partial charge < -0.3 is 15.0 Å². The monoisotopic (exact) mass is 274 g/mol.